The minimum atomic E-state index is -3.09. The van der Waals surface area contributed by atoms with E-state index < -0.39 is 15.9 Å². The molecule has 10 heteroatoms. The fourth-order valence-electron chi connectivity index (χ4n) is 3.41. The van der Waals surface area contributed by atoms with Gasteiger partial charge >= 0.3 is 0 Å². The van der Waals surface area contributed by atoms with Crippen LogP contribution in [0.25, 0.3) is 0 Å². The average molecular weight is 484 g/mol. The number of benzene rings is 2. The monoisotopic (exact) mass is 483 g/mol. The van der Waals surface area contributed by atoms with Crippen molar-refractivity contribution >= 4 is 50.5 Å². The molecule has 0 aliphatic carbocycles. The lowest BCUT2D eigenvalue weighted by molar-refractivity contribution is -0.138. The molecule has 2 aromatic carbocycles. The number of anilines is 1. The van der Waals surface area contributed by atoms with Crippen LogP contribution < -0.4 is 5.32 Å². The third-order valence-electron chi connectivity index (χ3n) is 5.05. The fraction of sp³-hybridized carbons (Fsp3) is 0.333. The molecule has 1 saturated heterocycles. The number of hydrogen-bond donors (Lipinski definition) is 1. The fourth-order valence-corrected chi connectivity index (χ4v) is 4.93. The van der Waals surface area contributed by atoms with Crippen LogP contribution in [0, 0.1) is 0 Å². The van der Waals surface area contributed by atoms with E-state index in [-0.39, 0.29) is 43.0 Å². The number of nitrogens with zero attached hydrogens (tertiary/aromatic N) is 2. The highest BCUT2D eigenvalue weighted by Crippen LogP contribution is 2.26. The van der Waals surface area contributed by atoms with Crippen molar-refractivity contribution in [2.24, 2.45) is 0 Å². The molecule has 1 heterocycles. The molecule has 2 amide bonds. The maximum Gasteiger partial charge on any atom is 0.244 e. The van der Waals surface area contributed by atoms with Crippen molar-refractivity contribution in [2.75, 3.05) is 43.5 Å². The first-order valence-corrected chi connectivity index (χ1v) is 12.2. The summed E-state index contributed by atoms with van der Waals surface area (Å²) < 4.78 is 23.7. The maximum absolute atomic E-state index is 13.3. The summed E-state index contributed by atoms with van der Waals surface area (Å²) in [4.78, 5) is 29.0. The zero-order valence-electron chi connectivity index (χ0n) is 16.9. The summed E-state index contributed by atoms with van der Waals surface area (Å²) in [6, 6.07) is 13.2. The highest BCUT2D eigenvalue weighted by Gasteiger charge is 2.34. The Bertz CT molecular complexity index is 1050. The Balaban J connectivity index is 1.72. The van der Waals surface area contributed by atoms with Crippen LogP contribution in [0.4, 0.5) is 5.69 Å². The smallest absolute Gasteiger partial charge is 0.244 e. The zero-order valence-corrected chi connectivity index (χ0v) is 19.3. The number of sulfone groups is 1. The summed E-state index contributed by atoms with van der Waals surface area (Å²) in [7, 11) is -1.54. The van der Waals surface area contributed by atoms with Gasteiger partial charge in [0.1, 0.15) is 6.04 Å². The lowest BCUT2D eigenvalue weighted by Gasteiger charge is -2.35. The van der Waals surface area contributed by atoms with Gasteiger partial charge in [-0.05, 0) is 23.8 Å². The minimum absolute atomic E-state index is 0.00510. The Hall–Kier alpha value is -2.13. The van der Waals surface area contributed by atoms with E-state index in [4.69, 9.17) is 23.2 Å². The first-order chi connectivity index (χ1) is 14.7. The number of rotatable bonds is 6. The SMILES string of the molecule is CN(CC(=O)Nc1ccc(Cl)c(Cl)c1)C(=O)C(c1ccccc1)N1CCS(=O)(=O)CC1. The lowest BCUT2D eigenvalue weighted by atomic mass is 10.0. The average Bonchev–Trinajstić information content (AvgIpc) is 2.72. The summed E-state index contributed by atoms with van der Waals surface area (Å²) in [5, 5.41) is 3.39. The van der Waals surface area contributed by atoms with Crippen molar-refractivity contribution in [2.45, 2.75) is 6.04 Å². The van der Waals surface area contributed by atoms with Gasteiger partial charge in [-0.2, -0.15) is 0 Å². The van der Waals surface area contributed by atoms with E-state index in [1.54, 1.807) is 19.2 Å². The van der Waals surface area contributed by atoms with E-state index in [1.165, 1.54) is 11.0 Å². The molecule has 0 saturated carbocycles. The predicted octanol–water partition coefficient (Wildman–Crippen LogP) is 2.86. The van der Waals surface area contributed by atoms with Crippen LogP contribution in [0.5, 0.6) is 0 Å². The summed E-state index contributed by atoms with van der Waals surface area (Å²) >= 11 is 11.9. The van der Waals surface area contributed by atoms with Crippen molar-refractivity contribution < 1.29 is 18.0 Å². The van der Waals surface area contributed by atoms with E-state index in [0.29, 0.717) is 15.7 Å². The van der Waals surface area contributed by atoms with Gasteiger partial charge in [-0.1, -0.05) is 53.5 Å². The molecule has 0 aromatic heterocycles. The number of likely N-dealkylation sites (N-methyl/N-ethyl adjacent to an activating group) is 1. The molecule has 166 valence electrons. The van der Waals surface area contributed by atoms with E-state index in [0.717, 1.165) is 5.56 Å². The quantitative estimate of drug-likeness (QED) is 0.682. The van der Waals surface area contributed by atoms with Crippen molar-refractivity contribution in [3.63, 3.8) is 0 Å². The third-order valence-corrected chi connectivity index (χ3v) is 7.40. The molecule has 0 spiro atoms. The zero-order chi connectivity index (χ0) is 22.6. The van der Waals surface area contributed by atoms with Crippen molar-refractivity contribution in [1.29, 1.82) is 0 Å². The van der Waals surface area contributed by atoms with Crippen LogP contribution in [0.3, 0.4) is 0 Å². The topological polar surface area (TPSA) is 86.8 Å². The summed E-state index contributed by atoms with van der Waals surface area (Å²) in [6.07, 6.45) is 0. The van der Waals surface area contributed by atoms with Crippen LogP contribution in [0.1, 0.15) is 11.6 Å². The molecular formula is C21H23Cl2N3O4S. The molecular weight excluding hydrogens is 461 g/mol. The molecule has 1 unspecified atom stereocenters. The standard InChI is InChI=1S/C21H23Cl2N3O4S/c1-25(14-19(27)24-16-7-8-17(22)18(23)13-16)21(28)20(15-5-3-2-4-6-15)26-9-11-31(29,30)12-10-26/h2-8,13,20H,9-12,14H2,1H3,(H,24,27). The third kappa shape index (κ3) is 6.20. The first-order valence-electron chi connectivity index (χ1n) is 9.65. The molecule has 1 N–H and O–H groups in total. The number of halogens is 2. The molecule has 1 atom stereocenters. The second kappa shape index (κ2) is 9.99. The molecule has 2 aromatic rings. The second-order valence-corrected chi connectivity index (χ2v) is 10.5. The molecule has 7 nitrogen and oxygen atoms in total. The van der Waals surface area contributed by atoms with Crippen molar-refractivity contribution in [1.82, 2.24) is 9.80 Å². The Morgan fingerprint density at radius 1 is 1.06 bits per heavy atom. The van der Waals surface area contributed by atoms with Gasteiger partial charge in [0.05, 0.1) is 28.1 Å². The summed E-state index contributed by atoms with van der Waals surface area (Å²) in [6.45, 7) is 0.350. The Morgan fingerprint density at radius 3 is 2.32 bits per heavy atom. The Labute approximate surface area is 191 Å². The van der Waals surface area contributed by atoms with Gasteiger partial charge in [-0.25, -0.2) is 8.42 Å². The molecule has 1 aliphatic rings. The molecule has 0 bridgehead atoms. The summed E-state index contributed by atoms with van der Waals surface area (Å²) in [5.74, 6) is -0.659. The van der Waals surface area contributed by atoms with Crippen molar-refractivity contribution in [3.05, 3.63) is 64.1 Å². The highest BCUT2D eigenvalue weighted by atomic mass is 35.5. The van der Waals surface area contributed by atoms with Gasteiger partial charge in [0, 0.05) is 25.8 Å². The van der Waals surface area contributed by atoms with Gasteiger partial charge in [0.15, 0.2) is 9.84 Å². The molecule has 0 radical (unpaired) electrons. The lowest BCUT2D eigenvalue weighted by Crippen LogP contribution is -2.49. The maximum atomic E-state index is 13.3. The Morgan fingerprint density at radius 2 is 1.71 bits per heavy atom. The predicted molar refractivity (Wildman–Crippen MR) is 122 cm³/mol. The number of nitrogens with one attached hydrogen (secondary N) is 1. The van der Waals surface area contributed by atoms with Gasteiger partial charge in [-0.3, -0.25) is 14.5 Å². The van der Waals surface area contributed by atoms with Crippen LogP contribution in [0.2, 0.25) is 10.0 Å². The van der Waals surface area contributed by atoms with Gasteiger partial charge in [0.25, 0.3) is 0 Å². The molecule has 31 heavy (non-hydrogen) atoms. The van der Waals surface area contributed by atoms with Gasteiger partial charge < -0.3 is 10.2 Å². The summed E-state index contributed by atoms with van der Waals surface area (Å²) in [5.41, 5.74) is 1.23. The van der Waals surface area contributed by atoms with E-state index in [2.05, 4.69) is 5.32 Å². The van der Waals surface area contributed by atoms with E-state index in [9.17, 15) is 18.0 Å². The number of amides is 2. The van der Waals surface area contributed by atoms with Gasteiger partial charge in [0.2, 0.25) is 11.8 Å². The first kappa shape index (κ1) is 23.5. The molecule has 1 fully saturated rings. The minimum Gasteiger partial charge on any atom is -0.335 e. The Kier molecular flexibility index (Phi) is 7.59. The van der Waals surface area contributed by atoms with Crippen LogP contribution >= 0.6 is 23.2 Å². The van der Waals surface area contributed by atoms with Crippen LogP contribution in [0.15, 0.2) is 48.5 Å². The number of hydrogen-bond acceptors (Lipinski definition) is 5. The normalized spacial score (nSPS) is 17.0. The van der Waals surface area contributed by atoms with E-state index >= 15 is 0 Å². The van der Waals surface area contributed by atoms with E-state index in [1.807, 2.05) is 35.2 Å². The van der Waals surface area contributed by atoms with Gasteiger partial charge in [-0.15, -0.1) is 0 Å². The van der Waals surface area contributed by atoms with Crippen LogP contribution in [-0.2, 0) is 19.4 Å². The highest BCUT2D eigenvalue weighted by molar-refractivity contribution is 7.91. The number of carbonyl (C=O) groups is 2. The molecule has 1 aliphatic heterocycles. The largest absolute Gasteiger partial charge is 0.335 e. The van der Waals surface area contributed by atoms with Crippen LogP contribution in [-0.4, -0.2) is 68.2 Å². The molecule has 3 rings (SSSR count). The number of carbonyl (C=O) groups excluding carboxylic acids is 2. The van der Waals surface area contributed by atoms with Crippen molar-refractivity contribution in [3.8, 4) is 0 Å². The second-order valence-electron chi connectivity index (χ2n) is 7.37.